The first-order chi connectivity index (χ1) is 16.0. The van der Waals surface area contributed by atoms with Crippen LogP contribution < -0.4 is 10.6 Å². The lowest BCUT2D eigenvalue weighted by Crippen LogP contribution is -2.36. The van der Waals surface area contributed by atoms with Crippen LogP contribution >= 0.6 is 11.6 Å². The lowest BCUT2D eigenvalue weighted by molar-refractivity contribution is -0.120. The predicted octanol–water partition coefficient (Wildman–Crippen LogP) is 4.38. The van der Waals surface area contributed by atoms with Crippen LogP contribution in [0.1, 0.15) is 15.9 Å². The van der Waals surface area contributed by atoms with Gasteiger partial charge in [0.1, 0.15) is 5.82 Å². The van der Waals surface area contributed by atoms with E-state index < -0.39 is 5.91 Å². The molecule has 0 aliphatic carbocycles. The molecular weight excluding hydrogens is 443 g/mol. The summed E-state index contributed by atoms with van der Waals surface area (Å²) < 4.78 is 15.1. The van der Waals surface area contributed by atoms with Crippen molar-refractivity contribution in [3.05, 3.63) is 107 Å². The van der Waals surface area contributed by atoms with Gasteiger partial charge in [0.15, 0.2) is 0 Å². The maximum absolute atomic E-state index is 13.4. The molecule has 0 atom stereocenters. The highest BCUT2D eigenvalue weighted by atomic mass is 35.5. The number of carbonyl (C=O) groups is 2. The lowest BCUT2D eigenvalue weighted by Gasteiger charge is -2.08. The zero-order valence-corrected chi connectivity index (χ0v) is 18.2. The third kappa shape index (κ3) is 5.45. The van der Waals surface area contributed by atoms with Gasteiger partial charge in [0.25, 0.3) is 5.91 Å². The number of amides is 2. The molecule has 2 N–H and O–H groups in total. The third-order valence-electron chi connectivity index (χ3n) is 4.93. The van der Waals surface area contributed by atoms with Crippen molar-refractivity contribution in [2.45, 2.75) is 6.54 Å². The zero-order valence-electron chi connectivity index (χ0n) is 17.5. The van der Waals surface area contributed by atoms with Gasteiger partial charge in [0.2, 0.25) is 5.91 Å². The molecular formula is C25H20ClFN4O2. The minimum absolute atomic E-state index is 0.181. The van der Waals surface area contributed by atoms with Gasteiger partial charge in [0.05, 0.1) is 28.5 Å². The Morgan fingerprint density at radius 2 is 1.61 bits per heavy atom. The molecule has 0 saturated heterocycles. The largest absolute Gasteiger partial charge is 0.350 e. The molecule has 166 valence electrons. The highest BCUT2D eigenvalue weighted by Crippen LogP contribution is 2.24. The van der Waals surface area contributed by atoms with Gasteiger partial charge in [-0.25, -0.2) is 9.07 Å². The quantitative estimate of drug-likeness (QED) is 0.428. The Labute approximate surface area is 195 Å². The Morgan fingerprint density at radius 1 is 0.909 bits per heavy atom. The van der Waals surface area contributed by atoms with Crippen molar-refractivity contribution in [2.24, 2.45) is 0 Å². The fourth-order valence-corrected chi connectivity index (χ4v) is 3.48. The van der Waals surface area contributed by atoms with Crippen molar-refractivity contribution in [3.63, 3.8) is 0 Å². The number of hydrogen-bond acceptors (Lipinski definition) is 3. The highest BCUT2D eigenvalue weighted by molar-refractivity contribution is 6.33. The molecule has 0 bridgehead atoms. The first-order valence-corrected chi connectivity index (χ1v) is 10.6. The molecule has 0 fully saturated rings. The van der Waals surface area contributed by atoms with Crippen LogP contribution in [0.3, 0.4) is 0 Å². The van der Waals surface area contributed by atoms with E-state index in [1.807, 2.05) is 36.5 Å². The molecule has 6 nitrogen and oxygen atoms in total. The second-order valence-electron chi connectivity index (χ2n) is 7.23. The smallest absolute Gasteiger partial charge is 0.253 e. The molecule has 0 unspecified atom stereocenters. The van der Waals surface area contributed by atoms with E-state index in [0.29, 0.717) is 16.3 Å². The van der Waals surface area contributed by atoms with E-state index in [-0.39, 0.29) is 24.8 Å². The number of benzene rings is 3. The normalized spacial score (nSPS) is 10.6. The number of hydrogen-bond donors (Lipinski definition) is 2. The molecule has 0 aliphatic heterocycles. The van der Waals surface area contributed by atoms with E-state index in [1.165, 1.54) is 12.1 Å². The fourth-order valence-electron chi connectivity index (χ4n) is 3.26. The molecule has 2 amide bonds. The van der Waals surface area contributed by atoms with E-state index in [0.717, 1.165) is 16.8 Å². The van der Waals surface area contributed by atoms with Crippen molar-refractivity contribution in [1.82, 2.24) is 20.4 Å². The molecule has 1 aromatic heterocycles. The van der Waals surface area contributed by atoms with E-state index >= 15 is 0 Å². The van der Waals surface area contributed by atoms with Gasteiger partial charge in [-0.15, -0.1) is 0 Å². The number of nitrogens with zero attached hydrogens (tertiary/aromatic N) is 2. The number of para-hydroxylation sites is 1. The summed E-state index contributed by atoms with van der Waals surface area (Å²) >= 11 is 6.02. The van der Waals surface area contributed by atoms with Crippen molar-refractivity contribution in [2.75, 3.05) is 6.54 Å². The topological polar surface area (TPSA) is 76.0 Å². The Balaban J connectivity index is 1.47. The maximum atomic E-state index is 13.4. The highest BCUT2D eigenvalue weighted by Gasteiger charge is 2.15. The predicted molar refractivity (Wildman–Crippen MR) is 125 cm³/mol. The van der Waals surface area contributed by atoms with Crippen LogP contribution in [0.25, 0.3) is 16.9 Å². The molecule has 33 heavy (non-hydrogen) atoms. The average molecular weight is 463 g/mol. The molecule has 0 saturated carbocycles. The summed E-state index contributed by atoms with van der Waals surface area (Å²) in [7, 11) is 0. The molecule has 8 heteroatoms. The molecule has 4 rings (SSSR count). The number of nitrogens with one attached hydrogen (secondary N) is 2. The Bertz CT molecular complexity index is 1270. The van der Waals surface area contributed by atoms with Crippen LogP contribution in [0, 0.1) is 5.82 Å². The first-order valence-electron chi connectivity index (χ1n) is 10.2. The van der Waals surface area contributed by atoms with Crippen LogP contribution in [0.5, 0.6) is 0 Å². The van der Waals surface area contributed by atoms with E-state index in [4.69, 9.17) is 11.6 Å². The van der Waals surface area contributed by atoms with Gasteiger partial charge in [-0.2, -0.15) is 5.10 Å². The molecule has 0 spiro atoms. The average Bonchev–Trinajstić information content (AvgIpc) is 3.27. The van der Waals surface area contributed by atoms with Gasteiger partial charge in [0, 0.05) is 23.9 Å². The number of aromatic nitrogens is 2. The molecule has 4 aromatic rings. The summed E-state index contributed by atoms with van der Waals surface area (Å²) in [5.41, 5.74) is 3.25. The minimum atomic E-state index is -0.431. The van der Waals surface area contributed by atoms with Crippen LogP contribution in [0.4, 0.5) is 4.39 Å². The van der Waals surface area contributed by atoms with Gasteiger partial charge in [-0.3, -0.25) is 9.59 Å². The summed E-state index contributed by atoms with van der Waals surface area (Å²) in [6.45, 7) is -0.0247. The summed E-state index contributed by atoms with van der Waals surface area (Å²) in [4.78, 5) is 24.6. The van der Waals surface area contributed by atoms with Crippen molar-refractivity contribution < 1.29 is 14.0 Å². The summed E-state index contributed by atoms with van der Waals surface area (Å²) in [6.07, 6.45) is 1.82. The number of halogens is 2. The fraction of sp³-hybridized carbons (Fsp3) is 0.0800. The maximum Gasteiger partial charge on any atom is 0.253 e. The Kier molecular flexibility index (Phi) is 6.80. The minimum Gasteiger partial charge on any atom is -0.350 e. The van der Waals surface area contributed by atoms with Gasteiger partial charge >= 0.3 is 0 Å². The number of carbonyl (C=O) groups excluding carboxylic acids is 2. The Morgan fingerprint density at radius 3 is 2.33 bits per heavy atom. The van der Waals surface area contributed by atoms with Crippen molar-refractivity contribution in [1.29, 1.82) is 0 Å². The van der Waals surface area contributed by atoms with Crippen LogP contribution in [-0.2, 0) is 11.3 Å². The van der Waals surface area contributed by atoms with Gasteiger partial charge in [-0.1, -0.05) is 41.9 Å². The SMILES string of the molecule is O=C(CNC(=O)c1ccccc1Cl)NCc1cn(-c2ccccc2)nc1-c1ccc(F)cc1. The second kappa shape index (κ2) is 10.1. The standard InChI is InChI=1S/C25H20ClFN4O2/c26-22-9-5-4-8-21(22)25(33)29-15-23(32)28-14-18-16-31(20-6-2-1-3-7-20)30-24(18)17-10-12-19(27)13-11-17/h1-13,16H,14-15H2,(H,28,32)(H,29,33). The van der Waals surface area contributed by atoms with Crippen LogP contribution in [0.2, 0.25) is 5.02 Å². The summed E-state index contributed by atoms with van der Waals surface area (Å²) in [5, 5.41) is 10.3. The van der Waals surface area contributed by atoms with Crippen LogP contribution in [-0.4, -0.2) is 28.1 Å². The van der Waals surface area contributed by atoms with Crippen molar-refractivity contribution in [3.8, 4) is 16.9 Å². The van der Waals surface area contributed by atoms with E-state index in [2.05, 4.69) is 15.7 Å². The Hall–Kier alpha value is -3.97. The van der Waals surface area contributed by atoms with E-state index in [1.54, 1.807) is 41.1 Å². The first kappa shape index (κ1) is 22.2. The zero-order chi connectivity index (χ0) is 23.2. The molecule has 0 radical (unpaired) electrons. The third-order valence-corrected chi connectivity index (χ3v) is 5.26. The molecule has 0 aliphatic rings. The number of rotatable bonds is 7. The summed E-state index contributed by atoms with van der Waals surface area (Å²) in [5.74, 6) is -1.14. The lowest BCUT2D eigenvalue weighted by atomic mass is 10.1. The monoisotopic (exact) mass is 462 g/mol. The molecule has 1 heterocycles. The summed E-state index contributed by atoms with van der Waals surface area (Å²) in [6, 6.07) is 22.2. The second-order valence-corrected chi connectivity index (χ2v) is 7.64. The van der Waals surface area contributed by atoms with Crippen LogP contribution in [0.15, 0.2) is 85.1 Å². The van der Waals surface area contributed by atoms with Gasteiger partial charge in [-0.05, 0) is 48.5 Å². The molecule has 3 aromatic carbocycles. The van der Waals surface area contributed by atoms with Crippen molar-refractivity contribution >= 4 is 23.4 Å². The van der Waals surface area contributed by atoms with E-state index in [9.17, 15) is 14.0 Å². The van der Waals surface area contributed by atoms with Gasteiger partial charge < -0.3 is 10.6 Å².